The molecule has 63 heavy (non-hydrogen) atoms. The highest BCUT2D eigenvalue weighted by molar-refractivity contribution is 6.11. The Hall–Kier alpha value is -8.20. The van der Waals surface area contributed by atoms with Crippen LogP contribution in [-0.4, -0.2) is 0 Å². The molecular formula is C61H41NO. The Labute approximate surface area is 367 Å². The lowest BCUT2D eigenvalue weighted by molar-refractivity contribution is 0.668. The molecule has 0 N–H and O–H groups in total. The van der Waals surface area contributed by atoms with E-state index in [2.05, 4.69) is 248 Å². The quantitative estimate of drug-likeness (QED) is 0.160. The third-order valence-corrected chi connectivity index (χ3v) is 13.0. The number of furan rings is 1. The first-order valence-corrected chi connectivity index (χ1v) is 21.7. The Morgan fingerprint density at radius 3 is 1.22 bits per heavy atom. The molecule has 11 aromatic rings. The van der Waals surface area contributed by atoms with Gasteiger partial charge < -0.3 is 9.32 Å². The van der Waals surface area contributed by atoms with Gasteiger partial charge in [-0.25, -0.2) is 0 Å². The second-order valence-corrected chi connectivity index (χ2v) is 16.4. The molecule has 0 amide bonds. The van der Waals surface area contributed by atoms with Gasteiger partial charge in [-0.05, 0) is 103 Å². The molecule has 12 rings (SSSR count). The molecule has 0 atom stereocenters. The Kier molecular flexibility index (Phi) is 8.76. The first-order chi connectivity index (χ1) is 31.3. The molecule has 0 unspecified atom stereocenters. The highest BCUT2D eigenvalue weighted by atomic mass is 16.3. The minimum atomic E-state index is -0.735. The molecule has 1 aliphatic heterocycles. The van der Waals surface area contributed by atoms with Crippen molar-refractivity contribution in [3.8, 4) is 44.5 Å². The van der Waals surface area contributed by atoms with Crippen LogP contribution in [0.5, 0.6) is 0 Å². The fourth-order valence-corrected chi connectivity index (χ4v) is 10.2. The zero-order valence-corrected chi connectivity index (χ0v) is 34.5. The van der Waals surface area contributed by atoms with Crippen molar-refractivity contribution in [1.82, 2.24) is 0 Å². The van der Waals surface area contributed by atoms with Crippen molar-refractivity contribution in [3.63, 3.8) is 0 Å². The van der Waals surface area contributed by atoms with E-state index in [1.165, 1.54) is 55.6 Å². The van der Waals surface area contributed by atoms with Gasteiger partial charge >= 0.3 is 0 Å². The summed E-state index contributed by atoms with van der Waals surface area (Å²) in [6.07, 6.45) is 0. The van der Waals surface area contributed by atoms with E-state index in [0.717, 1.165) is 50.1 Å². The van der Waals surface area contributed by atoms with Crippen molar-refractivity contribution in [1.29, 1.82) is 0 Å². The van der Waals surface area contributed by atoms with E-state index < -0.39 is 5.41 Å². The van der Waals surface area contributed by atoms with Crippen molar-refractivity contribution in [3.05, 3.63) is 271 Å². The fourth-order valence-electron chi connectivity index (χ4n) is 10.2. The van der Waals surface area contributed by atoms with Crippen LogP contribution in [0.4, 0.5) is 17.1 Å². The summed E-state index contributed by atoms with van der Waals surface area (Å²) in [7, 11) is 0. The van der Waals surface area contributed by atoms with Gasteiger partial charge in [0.15, 0.2) is 5.58 Å². The van der Waals surface area contributed by atoms with Gasteiger partial charge in [-0.1, -0.05) is 212 Å². The van der Waals surface area contributed by atoms with Crippen LogP contribution in [0.25, 0.3) is 66.4 Å². The summed E-state index contributed by atoms with van der Waals surface area (Å²) in [6, 6.07) is 90.5. The lowest BCUT2D eigenvalue weighted by Gasteiger charge is -2.47. The lowest BCUT2D eigenvalue weighted by Crippen LogP contribution is -2.38. The Morgan fingerprint density at radius 2 is 0.714 bits per heavy atom. The molecule has 296 valence electrons. The van der Waals surface area contributed by atoms with Crippen LogP contribution in [0, 0.1) is 0 Å². The zero-order valence-electron chi connectivity index (χ0n) is 34.5. The topological polar surface area (TPSA) is 16.4 Å². The number of para-hydroxylation sites is 2. The van der Waals surface area contributed by atoms with Crippen LogP contribution in [0.1, 0.15) is 22.3 Å². The van der Waals surface area contributed by atoms with E-state index in [0.29, 0.717) is 0 Å². The Balaban J connectivity index is 1.22. The van der Waals surface area contributed by atoms with Gasteiger partial charge in [0.25, 0.3) is 0 Å². The van der Waals surface area contributed by atoms with Gasteiger partial charge in [0.1, 0.15) is 5.58 Å². The van der Waals surface area contributed by atoms with Crippen molar-refractivity contribution < 1.29 is 4.42 Å². The zero-order chi connectivity index (χ0) is 41.7. The van der Waals surface area contributed by atoms with Crippen LogP contribution in [-0.2, 0) is 5.41 Å². The van der Waals surface area contributed by atoms with Gasteiger partial charge in [-0.2, -0.15) is 0 Å². The maximum Gasteiger partial charge on any atom is 0.159 e. The lowest BCUT2D eigenvalue weighted by atomic mass is 9.61. The summed E-state index contributed by atoms with van der Waals surface area (Å²) < 4.78 is 6.86. The van der Waals surface area contributed by atoms with Crippen molar-refractivity contribution in [2.75, 3.05) is 4.90 Å². The molecule has 0 saturated heterocycles. The molecule has 1 aromatic heterocycles. The molecular weight excluding hydrogens is 763 g/mol. The molecule has 10 aromatic carbocycles. The molecule has 0 fully saturated rings. The van der Waals surface area contributed by atoms with Gasteiger partial charge in [0, 0.05) is 10.8 Å². The largest absolute Gasteiger partial charge is 0.454 e. The van der Waals surface area contributed by atoms with Crippen molar-refractivity contribution in [2.24, 2.45) is 0 Å². The van der Waals surface area contributed by atoms with Crippen LogP contribution in [0.3, 0.4) is 0 Å². The number of hydrogen-bond acceptors (Lipinski definition) is 2. The summed E-state index contributed by atoms with van der Waals surface area (Å²) in [6.45, 7) is 0. The number of benzene rings is 10. The number of hydrogen-bond donors (Lipinski definition) is 0. The van der Waals surface area contributed by atoms with E-state index in [1.54, 1.807) is 0 Å². The monoisotopic (exact) mass is 803 g/mol. The number of rotatable bonds is 7. The van der Waals surface area contributed by atoms with E-state index in [-0.39, 0.29) is 0 Å². The second kappa shape index (κ2) is 15.1. The van der Waals surface area contributed by atoms with Crippen LogP contribution < -0.4 is 4.90 Å². The predicted octanol–water partition coefficient (Wildman–Crippen LogP) is 16.4. The van der Waals surface area contributed by atoms with E-state index in [1.807, 2.05) is 6.07 Å². The number of fused-ring (bicyclic) bond motifs is 5. The number of anilines is 3. The van der Waals surface area contributed by atoms with E-state index in [4.69, 9.17) is 4.42 Å². The van der Waals surface area contributed by atoms with Gasteiger partial charge in [0.2, 0.25) is 0 Å². The molecule has 0 bridgehead atoms. The maximum absolute atomic E-state index is 6.86. The third kappa shape index (κ3) is 5.87. The highest BCUT2D eigenvalue weighted by Gasteiger charge is 2.47. The highest BCUT2D eigenvalue weighted by Crippen LogP contribution is 2.60. The second-order valence-electron chi connectivity index (χ2n) is 16.4. The normalized spacial score (nSPS) is 12.9. The first-order valence-electron chi connectivity index (χ1n) is 21.7. The summed E-state index contributed by atoms with van der Waals surface area (Å²) in [4.78, 5) is 2.46. The predicted molar refractivity (Wildman–Crippen MR) is 262 cm³/mol. The molecule has 2 heteroatoms. The van der Waals surface area contributed by atoms with Crippen molar-refractivity contribution in [2.45, 2.75) is 5.41 Å². The molecule has 0 spiro atoms. The molecule has 2 nitrogen and oxygen atoms in total. The Morgan fingerprint density at radius 1 is 0.302 bits per heavy atom. The third-order valence-electron chi connectivity index (χ3n) is 13.0. The summed E-state index contributed by atoms with van der Waals surface area (Å²) in [5.41, 5.74) is 18.4. The standard InChI is InChI=1S/C61H41NO/c1-5-20-42(21-6-1)48-28-13-15-30-50(48)44-36-38-56-54(40-44)61(46-24-9-3-10-25-46,47-26-11-4-12-27-47)55-41-45(51-31-16-14-29-49(51)43-22-7-2-8-23-43)37-39-57(55)62(56)58-34-19-33-53-52-32-17-18-35-59(52)63-60(53)58/h1-41H. The van der Waals surface area contributed by atoms with Crippen LogP contribution in [0.2, 0.25) is 0 Å². The minimum absolute atomic E-state index is 0.735. The minimum Gasteiger partial charge on any atom is -0.454 e. The molecule has 2 heterocycles. The van der Waals surface area contributed by atoms with Gasteiger partial charge in [-0.3, -0.25) is 0 Å². The van der Waals surface area contributed by atoms with Crippen molar-refractivity contribution >= 4 is 39.0 Å². The molecule has 0 aliphatic carbocycles. The smallest absolute Gasteiger partial charge is 0.159 e. The summed E-state index contributed by atoms with van der Waals surface area (Å²) >= 11 is 0. The maximum atomic E-state index is 6.86. The summed E-state index contributed by atoms with van der Waals surface area (Å²) in [5.74, 6) is 0. The number of nitrogens with zero attached hydrogens (tertiary/aromatic N) is 1. The van der Waals surface area contributed by atoms with Gasteiger partial charge in [-0.15, -0.1) is 0 Å². The Bertz CT molecular complexity index is 3270. The molecule has 0 radical (unpaired) electrons. The fraction of sp³-hybridized carbons (Fsp3) is 0.0164. The average Bonchev–Trinajstić information content (AvgIpc) is 3.76. The first kappa shape index (κ1) is 36.6. The molecule has 1 aliphatic rings. The van der Waals surface area contributed by atoms with E-state index >= 15 is 0 Å². The average molecular weight is 804 g/mol. The van der Waals surface area contributed by atoms with Gasteiger partial charge in [0.05, 0.1) is 22.5 Å². The molecule has 0 saturated carbocycles. The van der Waals surface area contributed by atoms with Crippen LogP contribution >= 0.6 is 0 Å². The SMILES string of the molecule is c1ccc(-c2ccccc2-c2ccc3c(c2)C(c2ccccc2)(c2ccccc2)c2cc(-c4ccccc4-c4ccccc4)ccc2N3c2cccc3c2oc2ccccc23)cc1. The van der Waals surface area contributed by atoms with Crippen LogP contribution in [0.15, 0.2) is 253 Å². The van der Waals surface area contributed by atoms with E-state index in [9.17, 15) is 0 Å². The summed E-state index contributed by atoms with van der Waals surface area (Å²) in [5, 5.41) is 2.20.